The molecule has 1 heterocycles. The van der Waals surface area contributed by atoms with Crippen LogP contribution in [-0.4, -0.2) is 40.2 Å². The van der Waals surface area contributed by atoms with E-state index in [1.807, 2.05) is 0 Å². The van der Waals surface area contributed by atoms with Crippen LogP contribution >= 0.6 is 0 Å². The summed E-state index contributed by atoms with van der Waals surface area (Å²) in [5.74, 6) is 0.766. The van der Waals surface area contributed by atoms with E-state index in [4.69, 9.17) is 0 Å². The van der Waals surface area contributed by atoms with Crippen LogP contribution in [-0.2, 0) is 19.6 Å². The lowest BCUT2D eigenvalue weighted by Gasteiger charge is -2.11. The normalized spacial score (nSPS) is 11.6. The predicted octanol–water partition coefficient (Wildman–Crippen LogP) is 2.04. The third-order valence-corrected chi connectivity index (χ3v) is 3.43. The van der Waals surface area contributed by atoms with Crippen molar-refractivity contribution in [2.45, 2.75) is 32.9 Å². The minimum atomic E-state index is -0.00188. The maximum Gasteiger partial charge on any atom is 0.135 e. The molecule has 1 N–H and O–H groups in total. The molecule has 1 aromatic heterocycles. The first-order chi connectivity index (χ1) is 9.15. The monoisotopic (exact) mass is 261 g/mol. The molecule has 0 radical (unpaired) electrons. The zero-order valence-electron chi connectivity index (χ0n) is 12.1. The van der Waals surface area contributed by atoms with Gasteiger partial charge in [-0.1, -0.05) is 13.0 Å². The van der Waals surface area contributed by atoms with Crippen LogP contribution < -0.4 is 0 Å². The highest BCUT2D eigenvalue weighted by molar-refractivity contribution is 5.77. The average Bonchev–Trinajstić information content (AvgIpc) is 2.75. The number of aliphatic hydroxyl groups excluding tert-OH is 1. The van der Waals surface area contributed by atoms with E-state index in [1.54, 1.807) is 0 Å². The second-order valence-corrected chi connectivity index (χ2v) is 5.17. The predicted molar refractivity (Wildman–Crippen MR) is 78.2 cm³/mol. The Morgan fingerprint density at radius 1 is 1.32 bits per heavy atom. The number of nitrogens with zero attached hydrogens (tertiary/aromatic N) is 3. The standard InChI is InChI=1S/C15H23N3O/c1-4-12-6-7-14-13(10-12)16-15(11-19)18(14)9-5-8-17(2)3/h6-7,10,19H,4-5,8-9,11H2,1-3H3. The minimum absolute atomic E-state index is 0.00188. The van der Waals surface area contributed by atoms with Crippen LogP contribution in [0.3, 0.4) is 0 Å². The van der Waals surface area contributed by atoms with Gasteiger partial charge in [-0.3, -0.25) is 0 Å². The summed E-state index contributed by atoms with van der Waals surface area (Å²) in [6, 6.07) is 6.39. The molecule has 0 saturated heterocycles. The van der Waals surface area contributed by atoms with E-state index in [1.165, 1.54) is 5.56 Å². The fourth-order valence-corrected chi connectivity index (χ4v) is 2.36. The summed E-state index contributed by atoms with van der Waals surface area (Å²) in [6.07, 6.45) is 2.07. The maximum atomic E-state index is 9.46. The number of hydrogen-bond donors (Lipinski definition) is 1. The van der Waals surface area contributed by atoms with Crippen molar-refractivity contribution in [2.75, 3.05) is 20.6 Å². The van der Waals surface area contributed by atoms with Crippen LogP contribution in [0.15, 0.2) is 18.2 Å². The van der Waals surface area contributed by atoms with E-state index >= 15 is 0 Å². The van der Waals surface area contributed by atoms with Gasteiger partial charge in [0.2, 0.25) is 0 Å². The molecule has 0 bridgehead atoms. The van der Waals surface area contributed by atoms with E-state index in [2.05, 4.69) is 53.7 Å². The number of rotatable bonds is 6. The Morgan fingerprint density at radius 2 is 2.11 bits per heavy atom. The van der Waals surface area contributed by atoms with Gasteiger partial charge in [-0.15, -0.1) is 0 Å². The number of imidazole rings is 1. The van der Waals surface area contributed by atoms with Gasteiger partial charge in [0, 0.05) is 6.54 Å². The van der Waals surface area contributed by atoms with E-state index in [0.29, 0.717) is 0 Å². The highest BCUT2D eigenvalue weighted by Crippen LogP contribution is 2.19. The first kappa shape index (κ1) is 14.0. The summed E-state index contributed by atoms with van der Waals surface area (Å²) in [5.41, 5.74) is 3.41. The lowest BCUT2D eigenvalue weighted by Crippen LogP contribution is -2.15. The second-order valence-electron chi connectivity index (χ2n) is 5.17. The molecule has 0 unspecified atom stereocenters. The zero-order chi connectivity index (χ0) is 13.8. The van der Waals surface area contributed by atoms with Crippen molar-refractivity contribution in [1.29, 1.82) is 0 Å². The second kappa shape index (κ2) is 6.17. The zero-order valence-corrected chi connectivity index (χ0v) is 12.1. The SMILES string of the molecule is CCc1ccc2c(c1)nc(CO)n2CCCN(C)C. The molecular formula is C15H23N3O. The maximum absolute atomic E-state index is 9.46. The third kappa shape index (κ3) is 3.14. The molecule has 1 aromatic carbocycles. The van der Waals surface area contributed by atoms with E-state index in [-0.39, 0.29) is 6.61 Å². The molecule has 0 amide bonds. The Bertz CT molecular complexity index is 546. The topological polar surface area (TPSA) is 41.3 Å². The quantitative estimate of drug-likeness (QED) is 0.865. The number of aliphatic hydroxyl groups is 1. The molecule has 0 aliphatic carbocycles. The summed E-state index contributed by atoms with van der Waals surface area (Å²) < 4.78 is 2.14. The number of hydrogen-bond acceptors (Lipinski definition) is 3. The van der Waals surface area contributed by atoms with Crippen LogP contribution in [0.2, 0.25) is 0 Å². The van der Waals surface area contributed by atoms with Crippen LogP contribution in [0, 0.1) is 0 Å². The van der Waals surface area contributed by atoms with Crippen molar-refractivity contribution in [3.8, 4) is 0 Å². The summed E-state index contributed by atoms with van der Waals surface area (Å²) in [7, 11) is 4.15. The van der Waals surface area contributed by atoms with E-state index in [9.17, 15) is 5.11 Å². The molecule has 0 aliphatic heterocycles. The Morgan fingerprint density at radius 3 is 2.74 bits per heavy atom. The molecule has 19 heavy (non-hydrogen) atoms. The van der Waals surface area contributed by atoms with Crippen LogP contribution in [0.4, 0.5) is 0 Å². The number of benzene rings is 1. The largest absolute Gasteiger partial charge is 0.388 e. The molecule has 2 aromatic rings. The summed E-state index contributed by atoms with van der Waals surface area (Å²) in [5, 5.41) is 9.46. The average molecular weight is 261 g/mol. The van der Waals surface area contributed by atoms with Crippen molar-refractivity contribution in [1.82, 2.24) is 14.5 Å². The molecule has 4 nitrogen and oxygen atoms in total. The van der Waals surface area contributed by atoms with Gasteiger partial charge < -0.3 is 14.6 Å². The van der Waals surface area contributed by atoms with Crippen molar-refractivity contribution >= 4 is 11.0 Å². The molecular weight excluding hydrogens is 238 g/mol. The Balaban J connectivity index is 2.29. The third-order valence-electron chi connectivity index (χ3n) is 3.43. The summed E-state index contributed by atoms with van der Waals surface area (Å²) >= 11 is 0. The molecule has 4 heteroatoms. The van der Waals surface area contributed by atoms with Crippen molar-refractivity contribution in [3.05, 3.63) is 29.6 Å². The van der Waals surface area contributed by atoms with Gasteiger partial charge >= 0.3 is 0 Å². The number of fused-ring (bicyclic) bond motifs is 1. The lowest BCUT2D eigenvalue weighted by atomic mass is 10.1. The molecule has 0 fully saturated rings. The lowest BCUT2D eigenvalue weighted by molar-refractivity contribution is 0.264. The molecule has 0 spiro atoms. The van der Waals surface area contributed by atoms with Crippen LogP contribution in [0.5, 0.6) is 0 Å². The molecule has 104 valence electrons. The number of aryl methyl sites for hydroxylation is 2. The molecule has 2 rings (SSSR count). The number of aromatic nitrogens is 2. The Hall–Kier alpha value is -1.39. The summed E-state index contributed by atoms with van der Waals surface area (Å²) in [6.45, 7) is 4.08. The fraction of sp³-hybridized carbons (Fsp3) is 0.533. The van der Waals surface area contributed by atoms with Gasteiger partial charge in [0.15, 0.2) is 0 Å². The van der Waals surface area contributed by atoms with Gasteiger partial charge in [0.05, 0.1) is 11.0 Å². The van der Waals surface area contributed by atoms with Crippen LogP contribution in [0.1, 0.15) is 24.7 Å². The van der Waals surface area contributed by atoms with Crippen LogP contribution in [0.25, 0.3) is 11.0 Å². The van der Waals surface area contributed by atoms with Crippen molar-refractivity contribution < 1.29 is 5.11 Å². The van der Waals surface area contributed by atoms with Gasteiger partial charge in [0.25, 0.3) is 0 Å². The molecule has 0 saturated carbocycles. The Kier molecular flexibility index (Phi) is 4.56. The van der Waals surface area contributed by atoms with Gasteiger partial charge in [0.1, 0.15) is 12.4 Å². The highest BCUT2D eigenvalue weighted by atomic mass is 16.3. The fourth-order valence-electron chi connectivity index (χ4n) is 2.36. The van der Waals surface area contributed by atoms with Gasteiger partial charge in [-0.25, -0.2) is 4.98 Å². The smallest absolute Gasteiger partial charge is 0.135 e. The molecule has 0 atom stereocenters. The van der Waals surface area contributed by atoms with E-state index < -0.39 is 0 Å². The summed E-state index contributed by atoms with van der Waals surface area (Å²) in [4.78, 5) is 6.71. The Labute approximate surface area is 114 Å². The first-order valence-corrected chi connectivity index (χ1v) is 6.89. The van der Waals surface area contributed by atoms with Gasteiger partial charge in [-0.05, 0) is 51.2 Å². The van der Waals surface area contributed by atoms with E-state index in [0.717, 1.165) is 42.8 Å². The molecule has 0 aliphatic rings. The first-order valence-electron chi connectivity index (χ1n) is 6.89. The van der Waals surface area contributed by atoms with Crippen molar-refractivity contribution in [3.63, 3.8) is 0 Å². The van der Waals surface area contributed by atoms with Gasteiger partial charge in [-0.2, -0.15) is 0 Å². The highest BCUT2D eigenvalue weighted by Gasteiger charge is 2.10. The van der Waals surface area contributed by atoms with Crippen molar-refractivity contribution in [2.24, 2.45) is 0 Å². The minimum Gasteiger partial charge on any atom is -0.388 e.